The lowest BCUT2D eigenvalue weighted by atomic mass is 9.96. The molecule has 3 fully saturated rings. The molecule has 3 N–H and O–H groups in total. The molecule has 3 aliphatic rings. The molecule has 12 heteroatoms. The minimum absolute atomic E-state index is 0.00962. The van der Waals surface area contributed by atoms with Crippen molar-refractivity contribution in [3.05, 3.63) is 53.3 Å². The van der Waals surface area contributed by atoms with Crippen LogP contribution in [0.4, 0.5) is 0 Å². The van der Waals surface area contributed by atoms with Crippen molar-refractivity contribution >= 4 is 11.8 Å². The second kappa shape index (κ2) is 16.3. The van der Waals surface area contributed by atoms with Gasteiger partial charge < -0.3 is 30.2 Å². The number of carbonyl (C=O) groups is 2. The highest BCUT2D eigenvalue weighted by Crippen LogP contribution is 2.38. The third kappa shape index (κ3) is 8.65. The summed E-state index contributed by atoms with van der Waals surface area (Å²) in [5, 5.41) is 33.3. The molecule has 3 aromatic rings. The van der Waals surface area contributed by atoms with Gasteiger partial charge in [0.05, 0.1) is 5.56 Å². The number of likely N-dealkylation sites (tertiary alicyclic amines) is 2. The molecule has 50 heavy (non-hydrogen) atoms. The number of benzene rings is 2. The molecule has 4 heterocycles. The maximum Gasteiger partial charge on any atom is 0.289 e. The number of phenols is 2. The number of aromatic nitrogens is 3. The van der Waals surface area contributed by atoms with Gasteiger partial charge >= 0.3 is 0 Å². The van der Waals surface area contributed by atoms with E-state index >= 15 is 0 Å². The van der Waals surface area contributed by atoms with E-state index in [1.54, 1.807) is 17.6 Å². The number of phenolic OH excluding ortho intramolecular Hbond substituents is 2. The van der Waals surface area contributed by atoms with E-state index in [1.807, 2.05) is 30.9 Å². The van der Waals surface area contributed by atoms with Crippen molar-refractivity contribution in [3.8, 4) is 28.6 Å². The first-order valence-electron chi connectivity index (χ1n) is 18.5. The van der Waals surface area contributed by atoms with Gasteiger partial charge in [0.1, 0.15) is 11.5 Å². The van der Waals surface area contributed by atoms with Gasteiger partial charge in [0, 0.05) is 84.1 Å². The fourth-order valence-electron chi connectivity index (χ4n) is 7.61. The van der Waals surface area contributed by atoms with Crippen LogP contribution in [0.2, 0.25) is 0 Å². The first-order valence-corrected chi connectivity index (χ1v) is 18.5. The normalized spacial score (nSPS) is 18.5. The third-order valence-corrected chi connectivity index (χ3v) is 10.7. The number of aromatic hydroxyl groups is 2. The zero-order valence-electron chi connectivity index (χ0n) is 30.0. The molecule has 0 atom stereocenters. The van der Waals surface area contributed by atoms with Crippen LogP contribution in [0, 0.1) is 5.92 Å². The van der Waals surface area contributed by atoms with E-state index in [4.69, 9.17) is 0 Å². The van der Waals surface area contributed by atoms with Crippen LogP contribution in [0.1, 0.15) is 80.5 Å². The molecular weight excluding hydrogens is 632 g/mol. The number of rotatable bonds is 11. The van der Waals surface area contributed by atoms with Crippen LogP contribution in [0.3, 0.4) is 0 Å². The van der Waals surface area contributed by atoms with Gasteiger partial charge in [0.15, 0.2) is 5.82 Å². The van der Waals surface area contributed by atoms with Gasteiger partial charge in [0.25, 0.3) is 5.91 Å². The number of piperazine rings is 1. The molecular formula is C38H54N8O4. The van der Waals surface area contributed by atoms with Crippen LogP contribution in [0.25, 0.3) is 17.1 Å². The lowest BCUT2D eigenvalue weighted by Gasteiger charge is -2.38. The average Bonchev–Trinajstić information content (AvgIpc) is 3.55. The van der Waals surface area contributed by atoms with Crippen LogP contribution in [0.15, 0.2) is 36.4 Å². The molecule has 0 radical (unpaired) electrons. The number of nitrogens with one attached hydrogen (secondary N) is 1. The van der Waals surface area contributed by atoms with Crippen molar-refractivity contribution in [2.45, 2.75) is 65.3 Å². The minimum atomic E-state index is -0.325. The van der Waals surface area contributed by atoms with Gasteiger partial charge in [-0.15, -0.1) is 10.2 Å². The molecule has 1 aromatic heterocycles. The van der Waals surface area contributed by atoms with Gasteiger partial charge in [0.2, 0.25) is 11.7 Å². The number of carbonyl (C=O) groups excluding carboxylic acids is 2. The van der Waals surface area contributed by atoms with Gasteiger partial charge in [-0.3, -0.25) is 19.1 Å². The van der Waals surface area contributed by atoms with Gasteiger partial charge in [-0.25, -0.2) is 0 Å². The molecule has 3 aliphatic heterocycles. The van der Waals surface area contributed by atoms with E-state index in [0.717, 1.165) is 84.8 Å². The molecule has 6 rings (SSSR count). The third-order valence-electron chi connectivity index (χ3n) is 10.7. The quantitative estimate of drug-likeness (QED) is 0.274. The Morgan fingerprint density at radius 2 is 1.52 bits per heavy atom. The summed E-state index contributed by atoms with van der Waals surface area (Å²) in [7, 11) is 0. The molecule has 2 aromatic carbocycles. The molecule has 270 valence electrons. The Labute approximate surface area is 296 Å². The van der Waals surface area contributed by atoms with E-state index in [-0.39, 0.29) is 35.1 Å². The molecule has 0 bridgehead atoms. The van der Waals surface area contributed by atoms with Crippen molar-refractivity contribution in [3.63, 3.8) is 0 Å². The summed E-state index contributed by atoms with van der Waals surface area (Å²) in [6, 6.07) is 11.2. The SMILES string of the molecule is CC(=O)N1CCC(CN2CCN(Cc3ccc(-n4c(C(=O)NCCN5CCCCC5)nnc4-c4cc(C(C)C)c(O)cc4O)cc3)CC2)CC1. The molecule has 12 nitrogen and oxygen atoms in total. The summed E-state index contributed by atoms with van der Waals surface area (Å²) in [5.41, 5.74) is 2.97. The lowest BCUT2D eigenvalue weighted by molar-refractivity contribution is -0.130. The molecule has 0 unspecified atom stereocenters. The summed E-state index contributed by atoms with van der Waals surface area (Å²) in [4.78, 5) is 34.7. The number of hydrogen-bond acceptors (Lipinski definition) is 9. The first-order chi connectivity index (χ1) is 24.2. The largest absolute Gasteiger partial charge is 0.508 e. The van der Waals surface area contributed by atoms with Crippen LogP contribution >= 0.6 is 0 Å². The lowest BCUT2D eigenvalue weighted by Crippen LogP contribution is -2.48. The summed E-state index contributed by atoms with van der Waals surface area (Å²) in [6.45, 7) is 16.8. The van der Waals surface area contributed by atoms with E-state index < -0.39 is 0 Å². The first kappa shape index (κ1) is 35.8. The van der Waals surface area contributed by atoms with Gasteiger partial charge in [-0.2, -0.15) is 0 Å². The van der Waals surface area contributed by atoms with Gasteiger partial charge in [-0.05, 0) is 79.9 Å². The summed E-state index contributed by atoms with van der Waals surface area (Å²) >= 11 is 0. The Bertz CT molecular complexity index is 1600. The van der Waals surface area contributed by atoms with Gasteiger partial charge in [-0.1, -0.05) is 32.4 Å². The van der Waals surface area contributed by atoms with Crippen molar-refractivity contribution in [2.75, 3.05) is 72.0 Å². The second-order valence-corrected chi connectivity index (χ2v) is 14.6. The van der Waals surface area contributed by atoms with Crippen LogP contribution in [0.5, 0.6) is 11.5 Å². The zero-order valence-corrected chi connectivity index (χ0v) is 30.0. The number of hydrogen-bond donors (Lipinski definition) is 3. The van der Waals surface area contributed by atoms with Crippen LogP contribution in [-0.4, -0.2) is 128 Å². The van der Waals surface area contributed by atoms with E-state index in [2.05, 4.69) is 42.3 Å². The van der Waals surface area contributed by atoms with Crippen LogP contribution in [-0.2, 0) is 11.3 Å². The Kier molecular flexibility index (Phi) is 11.7. The Morgan fingerprint density at radius 1 is 0.840 bits per heavy atom. The monoisotopic (exact) mass is 686 g/mol. The Hall–Kier alpha value is -4.00. The predicted octanol–water partition coefficient (Wildman–Crippen LogP) is 4.06. The van der Waals surface area contributed by atoms with Crippen LogP contribution < -0.4 is 5.32 Å². The Morgan fingerprint density at radius 3 is 2.18 bits per heavy atom. The molecule has 0 saturated carbocycles. The Balaban J connectivity index is 1.14. The molecule has 0 spiro atoms. The highest BCUT2D eigenvalue weighted by Gasteiger charge is 2.27. The standard InChI is InChI=1S/C38H54N8O4/c1-27(2)32-23-33(35(49)24-34(32)48)36-40-41-37(38(50)39-13-18-42-14-5-4-6-15-42)46(36)31-9-7-29(8-10-31)25-43-19-21-44(22-20-43)26-30-11-16-45(17-12-30)28(3)47/h7-10,23-24,27,30,48-49H,4-6,11-22,25-26H2,1-3H3,(H,39,50). The fourth-order valence-corrected chi connectivity index (χ4v) is 7.61. The number of piperidine rings is 2. The average molecular weight is 687 g/mol. The highest BCUT2D eigenvalue weighted by atomic mass is 16.3. The second-order valence-electron chi connectivity index (χ2n) is 14.6. The van der Waals surface area contributed by atoms with E-state index in [1.165, 1.54) is 30.9 Å². The summed E-state index contributed by atoms with van der Waals surface area (Å²) in [6.07, 6.45) is 5.82. The van der Waals surface area contributed by atoms with Crippen molar-refractivity contribution in [1.29, 1.82) is 0 Å². The van der Waals surface area contributed by atoms with E-state index in [9.17, 15) is 19.8 Å². The van der Waals surface area contributed by atoms with Crippen molar-refractivity contribution < 1.29 is 19.8 Å². The zero-order chi connectivity index (χ0) is 35.2. The predicted molar refractivity (Wildman–Crippen MR) is 194 cm³/mol. The number of nitrogens with zero attached hydrogens (tertiary/aromatic N) is 7. The summed E-state index contributed by atoms with van der Waals surface area (Å²) < 4.78 is 1.70. The van der Waals surface area contributed by atoms with Crippen molar-refractivity contribution in [2.24, 2.45) is 5.92 Å². The summed E-state index contributed by atoms with van der Waals surface area (Å²) in [5.74, 6) is 0.903. The topological polar surface area (TPSA) is 130 Å². The maximum atomic E-state index is 13.6. The molecule has 2 amide bonds. The maximum absolute atomic E-state index is 13.6. The molecule has 0 aliphatic carbocycles. The fraction of sp³-hybridized carbons (Fsp3) is 0.579. The van der Waals surface area contributed by atoms with E-state index in [0.29, 0.717) is 35.1 Å². The minimum Gasteiger partial charge on any atom is -0.508 e. The molecule has 3 saturated heterocycles. The number of amides is 2. The smallest absolute Gasteiger partial charge is 0.289 e. The van der Waals surface area contributed by atoms with Crippen molar-refractivity contribution in [1.82, 2.24) is 39.7 Å². The highest BCUT2D eigenvalue weighted by molar-refractivity contribution is 5.92.